The largest absolute Gasteiger partial charge is 0.380 e. The third kappa shape index (κ3) is 3.62. The summed E-state index contributed by atoms with van der Waals surface area (Å²) >= 11 is 0. The van der Waals surface area contributed by atoms with Gasteiger partial charge in [-0.3, -0.25) is 4.98 Å². The molecule has 0 saturated heterocycles. The molecule has 0 amide bonds. The minimum atomic E-state index is 0.563. The number of methoxy groups -OCH3 is 1. The third-order valence-electron chi connectivity index (χ3n) is 4.23. The van der Waals surface area contributed by atoms with Gasteiger partial charge in [-0.2, -0.15) is 5.26 Å². The summed E-state index contributed by atoms with van der Waals surface area (Å²) < 4.78 is 5.14. The molecule has 1 heterocycles. The van der Waals surface area contributed by atoms with Gasteiger partial charge in [-0.1, -0.05) is 35.9 Å². The Morgan fingerprint density at radius 1 is 1.12 bits per heavy atom. The number of hydrogen-bond acceptors (Lipinski definition) is 4. The quantitative estimate of drug-likeness (QED) is 0.749. The summed E-state index contributed by atoms with van der Waals surface area (Å²) in [5.74, 6) is 0. The van der Waals surface area contributed by atoms with Crippen LogP contribution >= 0.6 is 0 Å². The van der Waals surface area contributed by atoms with E-state index in [0.717, 1.165) is 38.8 Å². The van der Waals surface area contributed by atoms with E-state index in [2.05, 4.69) is 59.7 Å². The summed E-state index contributed by atoms with van der Waals surface area (Å²) in [6, 6.07) is 14.7. The molecule has 4 heteroatoms. The topological polar surface area (TPSA) is 57.9 Å². The molecule has 126 valence electrons. The Kier molecular flexibility index (Phi) is 4.97. The summed E-state index contributed by atoms with van der Waals surface area (Å²) in [6.07, 6.45) is 1.65. The molecule has 0 aliphatic heterocycles. The van der Waals surface area contributed by atoms with Crippen LogP contribution in [0.4, 0.5) is 5.69 Å². The third-order valence-corrected chi connectivity index (χ3v) is 4.23. The molecule has 0 spiro atoms. The molecule has 2 aromatic carbocycles. The van der Waals surface area contributed by atoms with Crippen molar-refractivity contribution in [3.63, 3.8) is 0 Å². The number of hydrogen-bond donors (Lipinski definition) is 1. The van der Waals surface area contributed by atoms with Gasteiger partial charge in [0.05, 0.1) is 23.4 Å². The van der Waals surface area contributed by atoms with Gasteiger partial charge in [-0.25, -0.2) is 0 Å². The number of anilines is 1. The van der Waals surface area contributed by atoms with Gasteiger partial charge in [0.1, 0.15) is 6.07 Å². The van der Waals surface area contributed by atoms with Crippen molar-refractivity contribution >= 4 is 16.6 Å². The number of ether oxygens (including phenoxy) is 1. The molecular formula is C21H21N3O. The predicted molar refractivity (Wildman–Crippen MR) is 100 cm³/mol. The van der Waals surface area contributed by atoms with Crippen LogP contribution in [0.1, 0.15) is 27.8 Å². The fourth-order valence-electron chi connectivity index (χ4n) is 3.05. The predicted octanol–water partition coefficient (Wildman–Crippen LogP) is 4.48. The van der Waals surface area contributed by atoms with Gasteiger partial charge < -0.3 is 10.1 Å². The van der Waals surface area contributed by atoms with Gasteiger partial charge in [-0.15, -0.1) is 0 Å². The Labute approximate surface area is 148 Å². The average Bonchev–Trinajstić information content (AvgIpc) is 2.61. The summed E-state index contributed by atoms with van der Waals surface area (Å²) in [5.41, 5.74) is 6.92. The van der Waals surface area contributed by atoms with E-state index in [1.54, 1.807) is 13.3 Å². The second kappa shape index (κ2) is 7.33. The van der Waals surface area contributed by atoms with E-state index in [1.165, 1.54) is 0 Å². The van der Waals surface area contributed by atoms with Crippen molar-refractivity contribution < 1.29 is 4.74 Å². The molecule has 0 aliphatic carbocycles. The van der Waals surface area contributed by atoms with Crippen LogP contribution < -0.4 is 5.32 Å². The van der Waals surface area contributed by atoms with Crippen LogP contribution in [-0.4, -0.2) is 12.1 Å². The van der Waals surface area contributed by atoms with E-state index in [0.29, 0.717) is 18.7 Å². The highest BCUT2D eigenvalue weighted by Crippen LogP contribution is 2.29. The number of nitriles is 1. The standard InChI is InChI=1S/C21H21N3O/c1-14-8-15(2)20-19(9-14)21(18(10-22)12-24-20)23-11-16-4-6-17(7-5-16)13-25-3/h4-9,12H,11,13H2,1-3H3,(H,23,24). The van der Waals surface area contributed by atoms with E-state index in [4.69, 9.17) is 4.74 Å². The highest BCUT2D eigenvalue weighted by Gasteiger charge is 2.11. The minimum absolute atomic E-state index is 0.563. The molecule has 1 N–H and O–H groups in total. The van der Waals surface area contributed by atoms with E-state index >= 15 is 0 Å². The summed E-state index contributed by atoms with van der Waals surface area (Å²) in [5, 5.41) is 13.9. The maximum Gasteiger partial charge on any atom is 0.103 e. The Hall–Kier alpha value is -2.90. The maximum atomic E-state index is 9.47. The first-order valence-corrected chi connectivity index (χ1v) is 8.23. The second-order valence-electron chi connectivity index (χ2n) is 6.24. The van der Waals surface area contributed by atoms with E-state index in [9.17, 15) is 5.26 Å². The minimum Gasteiger partial charge on any atom is -0.380 e. The normalized spacial score (nSPS) is 10.6. The Morgan fingerprint density at radius 2 is 1.84 bits per heavy atom. The molecule has 0 fully saturated rings. The van der Waals surface area contributed by atoms with Gasteiger partial charge in [0.2, 0.25) is 0 Å². The Balaban J connectivity index is 1.93. The van der Waals surface area contributed by atoms with Crippen LogP contribution in [0.15, 0.2) is 42.6 Å². The number of rotatable bonds is 5. The molecule has 0 atom stereocenters. The first kappa shape index (κ1) is 16.9. The van der Waals surface area contributed by atoms with Gasteiger partial charge in [-0.05, 0) is 36.6 Å². The molecule has 25 heavy (non-hydrogen) atoms. The number of aryl methyl sites for hydroxylation is 2. The average molecular weight is 331 g/mol. The first-order chi connectivity index (χ1) is 12.1. The van der Waals surface area contributed by atoms with Crippen LogP contribution in [-0.2, 0) is 17.9 Å². The zero-order valence-electron chi connectivity index (χ0n) is 14.8. The summed E-state index contributed by atoms with van der Waals surface area (Å²) in [4.78, 5) is 4.46. The fraction of sp³-hybridized carbons (Fsp3) is 0.238. The zero-order valence-corrected chi connectivity index (χ0v) is 14.8. The monoisotopic (exact) mass is 331 g/mol. The lowest BCUT2D eigenvalue weighted by atomic mass is 10.0. The molecule has 0 unspecified atom stereocenters. The van der Waals surface area contributed by atoms with Gasteiger partial charge in [0, 0.05) is 25.2 Å². The summed E-state index contributed by atoms with van der Waals surface area (Å²) in [6.45, 7) is 5.37. The number of benzene rings is 2. The van der Waals surface area contributed by atoms with E-state index in [-0.39, 0.29) is 0 Å². The molecule has 3 rings (SSSR count). The SMILES string of the molecule is COCc1ccc(CNc2c(C#N)cnc3c(C)cc(C)cc23)cc1. The fourth-order valence-corrected chi connectivity index (χ4v) is 3.05. The molecule has 3 aromatic rings. The van der Waals surface area contributed by atoms with Gasteiger partial charge >= 0.3 is 0 Å². The zero-order chi connectivity index (χ0) is 17.8. The highest BCUT2D eigenvalue weighted by atomic mass is 16.5. The molecular weight excluding hydrogens is 310 g/mol. The van der Waals surface area contributed by atoms with Crippen LogP contribution in [0.3, 0.4) is 0 Å². The number of nitrogens with one attached hydrogen (secondary N) is 1. The lowest BCUT2D eigenvalue weighted by molar-refractivity contribution is 0.185. The Bertz CT molecular complexity index is 940. The van der Waals surface area contributed by atoms with Crippen LogP contribution in [0.5, 0.6) is 0 Å². The maximum absolute atomic E-state index is 9.47. The van der Waals surface area contributed by atoms with Crippen molar-refractivity contribution in [3.05, 3.63) is 70.4 Å². The molecule has 4 nitrogen and oxygen atoms in total. The Morgan fingerprint density at radius 3 is 2.52 bits per heavy atom. The van der Waals surface area contributed by atoms with Crippen molar-refractivity contribution in [2.45, 2.75) is 27.0 Å². The van der Waals surface area contributed by atoms with Crippen LogP contribution in [0.2, 0.25) is 0 Å². The van der Waals surface area contributed by atoms with E-state index in [1.807, 2.05) is 6.92 Å². The molecule has 1 aromatic heterocycles. The number of aromatic nitrogens is 1. The van der Waals surface area contributed by atoms with Gasteiger partial charge in [0.15, 0.2) is 0 Å². The van der Waals surface area contributed by atoms with Crippen LogP contribution in [0.25, 0.3) is 10.9 Å². The van der Waals surface area contributed by atoms with Crippen molar-refractivity contribution in [1.29, 1.82) is 5.26 Å². The molecule has 0 saturated carbocycles. The lowest BCUT2D eigenvalue weighted by Crippen LogP contribution is -2.04. The number of fused-ring (bicyclic) bond motifs is 1. The number of pyridine rings is 1. The van der Waals surface area contributed by atoms with Crippen molar-refractivity contribution in [2.24, 2.45) is 0 Å². The highest BCUT2D eigenvalue weighted by molar-refractivity contribution is 5.96. The van der Waals surface area contributed by atoms with Gasteiger partial charge in [0.25, 0.3) is 0 Å². The molecule has 0 radical (unpaired) electrons. The second-order valence-corrected chi connectivity index (χ2v) is 6.24. The van der Waals surface area contributed by atoms with Crippen molar-refractivity contribution in [1.82, 2.24) is 4.98 Å². The summed E-state index contributed by atoms with van der Waals surface area (Å²) in [7, 11) is 1.69. The van der Waals surface area contributed by atoms with E-state index < -0.39 is 0 Å². The smallest absolute Gasteiger partial charge is 0.103 e. The molecule has 0 aliphatic rings. The van der Waals surface area contributed by atoms with Crippen molar-refractivity contribution in [2.75, 3.05) is 12.4 Å². The first-order valence-electron chi connectivity index (χ1n) is 8.23. The molecule has 0 bridgehead atoms. The lowest BCUT2D eigenvalue weighted by Gasteiger charge is -2.13. The van der Waals surface area contributed by atoms with Crippen LogP contribution in [0, 0.1) is 25.2 Å². The number of nitrogens with zero attached hydrogens (tertiary/aromatic N) is 2. The van der Waals surface area contributed by atoms with Crippen molar-refractivity contribution in [3.8, 4) is 6.07 Å².